The number of rotatable bonds is 6. The Morgan fingerprint density at radius 2 is 1.87 bits per heavy atom. The van der Waals surface area contributed by atoms with Gasteiger partial charge in [0.15, 0.2) is 0 Å². The molecule has 0 radical (unpaired) electrons. The predicted molar refractivity (Wildman–Crippen MR) is 119 cm³/mol. The minimum absolute atomic E-state index is 0.246. The van der Waals surface area contributed by atoms with Crippen LogP contribution in [-0.4, -0.2) is 33.5 Å². The van der Waals surface area contributed by atoms with Gasteiger partial charge in [-0.2, -0.15) is 0 Å². The SMILES string of the molecule is Cc1ccc(NC(=O)c2cc(-c3cnc(N4CCCC4)nc3)cn2CC2CC2)cc1F. The molecule has 1 saturated carbocycles. The second-order valence-corrected chi connectivity index (χ2v) is 8.59. The van der Waals surface area contributed by atoms with Crippen molar-refractivity contribution in [2.75, 3.05) is 23.3 Å². The Hall–Kier alpha value is -3.22. The summed E-state index contributed by atoms with van der Waals surface area (Å²) in [6, 6.07) is 6.61. The van der Waals surface area contributed by atoms with E-state index >= 15 is 0 Å². The molecule has 1 N–H and O–H groups in total. The minimum atomic E-state index is -0.331. The first kappa shape index (κ1) is 19.7. The van der Waals surface area contributed by atoms with E-state index in [1.54, 1.807) is 19.1 Å². The topological polar surface area (TPSA) is 63.1 Å². The highest BCUT2D eigenvalue weighted by atomic mass is 19.1. The first-order valence-electron chi connectivity index (χ1n) is 10.9. The summed E-state index contributed by atoms with van der Waals surface area (Å²) in [6.45, 7) is 4.50. The van der Waals surface area contributed by atoms with Gasteiger partial charge in [-0.3, -0.25) is 4.79 Å². The maximum absolute atomic E-state index is 13.9. The van der Waals surface area contributed by atoms with Gasteiger partial charge in [-0.15, -0.1) is 0 Å². The van der Waals surface area contributed by atoms with Crippen molar-refractivity contribution in [3.63, 3.8) is 0 Å². The third-order valence-electron chi connectivity index (χ3n) is 6.07. The zero-order valence-corrected chi connectivity index (χ0v) is 17.6. The van der Waals surface area contributed by atoms with Gasteiger partial charge in [0.2, 0.25) is 5.95 Å². The van der Waals surface area contributed by atoms with E-state index in [0.717, 1.165) is 36.7 Å². The molecule has 0 unspecified atom stereocenters. The fraction of sp³-hybridized carbons (Fsp3) is 0.375. The summed E-state index contributed by atoms with van der Waals surface area (Å²) >= 11 is 0. The van der Waals surface area contributed by atoms with Crippen molar-refractivity contribution in [1.82, 2.24) is 14.5 Å². The number of nitrogens with zero attached hydrogens (tertiary/aromatic N) is 4. The van der Waals surface area contributed by atoms with E-state index in [-0.39, 0.29) is 11.7 Å². The molecule has 5 rings (SSSR count). The molecule has 2 aliphatic rings. The number of aryl methyl sites for hydroxylation is 1. The number of anilines is 2. The van der Waals surface area contributed by atoms with Crippen LogP contribution in [0.4, 0.5) is 16.0 Å². The predicted octanol–water partition coefficient (Wildman–Crippen LogP) is 4.66. The molecule has 0 spiro atoms. The van der Waals surface area contributed by atoms with E-state index < -0.39 is 0 Å². The lowest BCUT2D eigenvalue weighted by Crippen LogP contribution is -2.20. The molecule has 2 fully saturated rings. The number of amides is 1. The molecule has 0 atom stereocenters. The first-order valence-corrected chi connectivity index (χ1v) is 10.9. The van der Waals surface area contributed by atoms with Crippen LogP contribution in [0.5, 0.6) is 0 Å². The highest BCUT2D eigenvalue weighted by Crippen LogP contribution is 2.33. The highest BCUT2D eigenvalue weighted by molar-refractivity contribution is 6.04. The van der Waals surface area contributed by atoms with E-state index in [1.165, 1.54) is 31.7 Å². The molecular formula is C24H26FN5O. The number of carbonyl (C=O) groups is 1. The van der Waals surface area contributed by atoms with Crippen molar-refractivity contribution in [3.05, 3.63) is 59.9 Å². The quantitative estimate of drug-likeness (QED) is 0.631. The van der Waals surface area contributed by atoms with Crippen LogP contribution in [0.2, 0.25) is 0 Å². The standard InChI is InChI=1S/C24H26FN5O/c1-16-4-7-20(11-21(16)25)28-23(31)22-10-18(15-30(22)14-17-5-6-17)19-12-26-24(27-13-19)29-8-2-3-9-29/h4,7,10-13,15,17H,2-3,5-6,8-9,14H2,1H3,(H,28,31). The van der Waals surface area contributed by atoms with Gasteiger partial charge >= 0.3 is 0 Å². The minimum Gasteiger partial charge on any atom is -0.343 e. The van der Waals surface area contributed by atoms with Gasteiger partial charge in [-0.25, -0.2) is 14.4 Å². The zero-order chi connectivity index (χ0) is 21.4. The van der Waals surface area contributed by atoms with E-state index in [0.29, 0.717) is 22.9 Å². The van der Waals surface area contributed by atoms with Crippen LogP contribution >= 0.6 is 0 Å². The van der Waals surface area contributed by atoms with Crippen molar-refractivity contribution in [1.29, 1.82) is 0 Å². The van der Waals surface area contributed by atoms with Crippen LogP contribution in [0.1, 0.15) is 41.7 Å². The Morgan fingerprint density at radius 3 is 2.55 bits per heavy atom. The Labute approximate surface area is 181 Å². The van der Waals surface area contributed by atoms with Crippen LogP contribution in [-0.2, 0) is 6.54 Å². The van der Waals surface area contributed by atoms with Crippen molar-refractivity contribution >= 4 is 17.5 Å². The Morgan fingerprint density at radius 1 is 1.13 bits per heavy atom. The summed E-state index contributed by atoms with van der Waals surface area (Å²) in [6.07, 6.45) is 10.4. The van der Waals surface area contributed by atoms with E-state index in [9.17, 15) is 9.18 Å². The lowest BCUT2D eigenvalue weighted by Gasteiger charge is -2.14. The van der Waals surface area contributed by atoms with Crippen molar-refractivity contribution in [2.24, 2.45) is 5.92 Å². The molecule has 6 nitrogen and oxygen atoms in total. The summed E-state index contributed by atoms with van der Waals surface area (Å²) in [7, 11) is 0. The Bertz CT molecular complexity index is 1100. The number of hydrogen-bond donors (Lipinski definition) is 1. The summed E-state index contributed by atoms with van der Waals surface area (Å²) in [5.41, 5.74) is 3.36. The third-order valence-corrected chi connectivity index (χ3v) is 6.07. The molecule has 1 aliphatic carbocycles. The largest absolute Gasteiger partial charge is 0.343 e. The fourth-order valence-electron chi connectivity index (χ4n) is 4.00. The number of halogens is 1. The first-order chi connectivity index (χ1) is 15.1. The van der Waals surface area contributed by atoms with Gasteiger partial charge in [-0.1, -0.05) is 6.07 Å². The molecule has 3 heterocycles. The monoisotopic (exact) mass is 419 g/mol. The second kappa shape index (κ2) is 8.13. The summed E-state index contributed by atoms with van der Waals surface area (Å²) in [4.78, 5) is 24.3. The molecule has 3 aromatic rings. The molecular weight excluding hydrogens is 393 g/mol. The third kappa shape index (κ3) is 4.31. The van der Waals surface area contributed by atoms with Crippen molar-refractivity contribution in [2.45, 2.75) is 39.2 Å². The van der Waals surface area contributed by atoms with Gasteiger partial charge in [0, 0.05) is 55.0 Å². The van der Waals surface area contributed by atoms with Crippen LogP contribution in [0, 0.1) is 18.7 Å². The van der Waals surface area contributed by atoms with Gasteiger partial charge in [0.1, 0.15) is 11.5 Å². The van der Waals surface area contributed by atoms with E-state index in [2.05, 4.69) is 20.2 Å². The van der Waals surface area contributed by atoms with Crippen LogP contribution in [0.3, 0.4) is 0 Å². The zero-order valence-electron chi connectivity index (χ0n) is 17.6. The highest BCUT2D eigenvalue weighted by Gasteiger charge is 2.25. The average molecular weight is 420 g/mol. The number of hydrogen-bond acceptors (Lipinski definition) is 4. The van der Waals surface area contributed by atoms with Crippen molar-refractivity contribution < 1.29 is 9.18 Å². The van der Waals surface area contributed by atoms with E-state index in [1.807, 2.05) is 29.2 Å². The van der Waals surface area contributed by atoms with Crippen LogP contribution in [0.15, 0.2) is 42.9 Å². The van der Waals surface area contributed by atoms with Crippen molar-refractivity contribution in [3.8, 4) is 11.1 Å². The number of aromatic nitrogens is 3. The smallest absolute Gasteiger partial charge is 0.272 e. The molecule has 1 aliphatic heterocycles. The second-order valence-electron chi connectivity index (χ2n) is 8.59. The van der Waals surface area contributed by atoms with Gasteiger partial charge in [0.05, 0.1) is 0 Å². The molecule has 7 heteroatoms. The summed E-state index contributed by atoms with van der Waals surface area (Å²) < 4.78 is 15.9. The molecule has 1 saturated heterocycles. The lowest BCUT2D eigenvalue weighted by atomic mass is 10.2. The molecule has 1 aromatic carbocycles. The Kier molecular flexibility index (Phi) is 5.18. The van der Waals surface area contributed by atoms with Gasteiger partial charge < -0.3 is 14.8 Å². The summed E-state index contributed by atoms with van der Waals surface area (Å²) in [5.74, 6) is 0.794. The van der Waals surface area contributed by atoms with E-state index in [4.69, 9.17) is 0 Å². The lowest BCUT2D eigenvalue weighted by molar-refractivity contribution is 0.101. The fourth-order valence-corrected chi connectivity index (χ4v) is 4.00. The maximum atomic E-state index is 13.9. The molecule has 0 bridgehead atoms. The molecule has 1 amide bonds. The number of nitrogens with one attached hydrogen (secondary N) is 1. The molecule has 160 valence electrons. The summed E-state index contributed by atoms with van der Waals surface area (Å²) in [5, 5.41) is 2.83. The van der Waals surface area contributed by atoms with Gasteiger partial charge in [-0.05, 0) is 62.3 Å². The van der Waals surface area contributed by atoms with Gasteiger partial charge in [0.25, 0.3) is 5.91 Å². The van der Waals surface area contributed by atoms with Crippen LogP contribution < -0.4 is 10.2 Å². The molecule has 31 heavy (non-hydrogen) atoms. The normalized spacial score (nSPS) is 16.0. The number of carbonyl (C=O) groups excluding carboxylic acids is 1. The molecule has 2 aromatic heterocycles. The maximum Gasteiger partial charge on any atom is 0.272 e. The number of benzene rings is 1. The Balaban J connectivity index is 1.40. The van der Waals surface area contributed by atoms with Crippen LogP contribution in [0.25, 0.3) is 11.1 Å². The average Bonchev–Trinajstić information content (AvgIpc) is 3.25.